The molecule has 4 heteroatoms. The number of hydrogen-bond donors (Lipinski definition) is 1. The summed E-state index contributed by atoms with van der Waals surface area (Å²) in [5.41, 5.74) is 11.9. The van der Waals surface area contributed by atoms with Gasteiger partial charge in [-0.3, -0.25) is 4.90 Å². The fourth-order valence-electron chi connectivity index (χ4n) is 3.69. The van der Waals surface area contributed by atoms with Gasteiger partial charge in [-0.15, -0.1) is 0 Å². The zero-order valence-corrected chi connectivity index (χ0v) is 16.2. The molecule has 3 aromatic rings. The highest BCUT2D eigenvalue weighted by molar-refractivity contribution is 5.46. The molecule has 0 saturated carbocycles. The van der Waals surface area contributed by atoms with Crippen molar-refractivity contribution >= 4 is 5.69 Å². The van der Waals surface area contributed by atoms with E-state index in [9.17, 15) is 0 Å². The third-order valence-electron chi connectivity index (χ3n) is 5.19. The fourth-order valence-corrected chi connectivity index (χ4v) is 3.69. The van der Waals surface area contributed by atoms with Gasteiger partial charge in [0, 0.05) is 25.3 Å². The van der Waals surface area contributed by atoms with Crippen LogP contribution in [0.25, 0.3) is 0 Å². The number of methoxy groups -OCH3 is 1. The molecule has 1 aliphatic rings. The minimum Gasteiger partial charge on any atom is -0.493 e. The van der Waals surface area contributed by atoms with Crippen LogP contribution in [-0.4, -0.2) is 18.6 Å². The van der Waals surface area contributed by atoms with Crippen LogP contribution in [0.15, 0.2) is 66.7 Å². The van der Waals surface area contributed by atoms with Crippen LogP contribution in [0.5, 0.6) is 11.5 Å². The molecule has 1 heterocycles. The van der Waals surface area contributed by atoms with Crippen molar-refractivity contribution in [2.75, 3.05) is 19.4 Å². The summed E-state index contributed by atoms with van der Waals surface area (Å²) in [6.07, 6.45) is 1.04. The number of ether oxygens (including phenoxy) is 2. The van der Waals surface area contributed by atoms with Crippen molar-refractivity contribution in [3.8, 4) is 11.5 Å². The lowest BCUT2D eigenvalue weighted by atomic mass is 9.98. The van der Waals surface area contributed by atoms with Crippen LogP contribution in [0.1, 0.15) is 22.3 Å². The van der Waals surface area contributed by atoms with Crippen LogP contribution < -0.4 is 15.2 Å². The van der Waals surface area contributed by atoms with Gasteiger partial charge in [-0.05, 0) is 52.9 Å². The van der Waals surface area contributed by atoms with Crippen molar-refractivity contribution in [3.63, 3.8) is 0 Å². The lowest BCUT2D eigenvalue weighted by Crippen LogP contribution is -2.30. The predicted molar refractivity (Wildman–Crippen MR) is 112 cm³/mol. The summed E-state index contributed by atoms with van der Waals surface area (Å²) in [5.74, 6) is 1.55. The number of benzene rings is 3. The summed E-state index contributed by atoms with van der Waals surface area (Å²) >= 11 is 0. The molecule has 0 spiro atoms. The smallest absolute Gasteiger partial charge is 0.161 e. The SMILES string of the molecule is COc1cc(CN2CCc3cc(N)ccc3C2)ccc1OCc1ccccc1. The van der Waals surface area contributed by atoms with E-state index in [-0.39, 0.29) is 0 Å². The maximum absolute atomic E-state index is 5.97. The quantitative estimate of drug-likeness (QED) is 0.649. The number of nitrogen functional groups attached to an aromatic ring is 1. The molecule has 1 aliphatic heterocycles. The first-order chi connectivity index (χ1) is 13.7. The largest absolute Gasteiger partial charge is 0.493 e. The molecule has 0 fully saturated rings. The van der Waals surface area contributed by atoms with E-state index in [1.807, 2.05) is 30.3 Å². The van der Waals surface area contributed by atoms with Crippen LogP contribution in [0.2, 0.25) is 0 Å². The molecular formula is C24H26N2O2. The molecule has 2 N–H and O–H groups in total. The van der Waals surface area contributed by atoms with E-state index in [2.05, 4.69) is 41.3 Å². The average Bonchev–Trinajstić information content (AvgIpc) is 2.73. The molecule has 0 unspecified atom stereocenters. The monoisotopic (exact) mass is 374 g/mol. The molecule has 28 heavy (non-hydrogen) atoms. The van der Waals surface area contributed by atoms with E-state index in [0.717, 1.165) is 48.8 Å². The summed E-state index contributed by atoms with van der Waals surface area (Å²) < 4.78 is 11.5. The van der Waals surface area contributed by atoms with Gasteiger partial charge in [0.1, 0.15) is 6.61 Å². The number of nitrogens with two attached hydrogens (primary N) is 1. The molecule has 0 atom stereocenters. The second-order valence-electron chi connectivity index (χ2n) is 7.25. The Morgan fingerprint density at radius 3 is 2.57 bits per heavy atom. The minimum absolute atomic E-state index is 0.530. The Balaban J connectivity index is 1.42. The number of fused-ring (bicyclic) bond motifs is 1. The van der Waals surface area contributed by atoms with Crippen LogP contribution in [0.4, 0.5) is 5.69 Å². The van der Waals surface area contributed by atoms with E-state index in [4.69, 9.17) is 15.2 Å². The second-order valence-corrected chi connectivity index (χ2v) is 7.25. The van der Waals surface area contributed by atoms with Crippen LogP contribution in [0.3, 0.4) is 0 Å². The van der Waals surface area contributed by atoms with E-state index >= 15 is 0 Å². The first-order valence-corrected chi connectivity index (χ1v) is 9.64. The Hall–Kier alpha value is -2.98. The first kappa shape index (κ1) is 18.4. The number of anilines is 1. The van der Waals surface area contributed by atoms with E-state index in [0.29, 0.717) is 6.61 Å². The lowest BCUT2D eigenvalue weighted by Gasteiger charge is -2.29. The minimum atomic E-state index is 0.530. The Labute approximate surface area is 166 Å². The molecule has 0 amide bonds. The molecule has 0 radical (unpaired) electrons. The standard InChI is InChI=1S/C24H26N2O2/c1-27-24-13-19(7-10-23(24)28-17-18-5-3-2-4-6-18)15-26-12-11-20-14-22(25)9-8-21(20)16-26/h2-10,13-14H,11-12,15-17,25H2,1H3. The van der Waals surface area contributed by atoms with E-state index in [1.165, 1.54) is 16.7 Å². The van der Waals surface area contributed by atoms with E-state index < -0.39 is 0 Å². The highest BCUT2D eigenvalue weighted by Gasteiger charge is 2.17. The van der Waals surface area contributed by atoms with Crippen molar-refractivity contribution in [3.05, 3.63) is 89.0 Å². The highest BCUT2D eigenvalue weighted by Crippen LogP contribution is 2.30. The second kappa shape index (κ2) is 8.36. The van der Waals surface area contributed by atoms with Gasteiger partial charge in [-0.25, -0.2) is 0 Å². The van der Waals surface area contributed by atoms with Crippen molar-refractivity contribution in [1.29, 1.82) is 0 Å². The molecule has 0 aromatic heterocycles. The van der Waals surface area contributed by atoms with Gasteiger partial charge in [0.2, 0.25) is 0 Å². The molecule has 0 aliphatic carbocycles. The Morgan fingerprint density at radius 1 is 0.893 bits per heavy atom. The molecule has 144 valence electrons. The van der Waals surface area contributed by atoms with Crippen LogP contribution in [0, 0.1) is 0 Å². The maximum Gasteiger partial charge on any atom is 0.161 e. The van der Waals surface area contributed by atoms with E-state index in [1.54, 1.807) is 7.11 Å². The van der Waals surface area contributed by atoms with Gasteiger partial charge in [0.05, 0.1) is 7.11 Å². The Morgan fingerprint density at radius 2 is 1.75 bits per heavy atom. The number of nitrogens with zero attached hydrogens (tertiary/aromatic N) is 1. The summed E-state index contributed by atoms with van der Waals surface area (Å²) in [6.45, 7) is 3.40. The highest BCUT2D eigenvalue weighted by atomic mass is 16.5. The predicted octanol–water partition coefficient (Wildman–Crippen LogP) is 4.41. The normalized spacial score (nSPS) is 13.8. The van der Waals surface area contributed by atoms with Gasteiger partial charge in [-0.2, -0.15) is 0 Å². The zero-order chi connectivity index (χ0) is 19.3. The molecule has 4 rings (SSSR count). The van der Waals surface area contributed by atoms with Crippen molar-refractivity contribution in [1.82, 2.24) is 4.90 Å². The fraction of sp³-hybridized carbons (Fsp3) is 0.250. The van der Waals surface area contributed by atoms with Gasteiger partial charge < -0.3 is 15.2 Å². The molecule has 4 nitrogen and oxygen atoms in total. The topological polar surface area (TPSA) is 47.7 Å². The lowest BCUT2D eigenvalue weighted by molar-refractivity contribution is 0.244. The summed E-state index contributed by atoms with van der Waals surface area (Å²) in [5, 5.41) is 0. The van der Waals surface area contributed by atoms with Gasteiger partial charge in [0.25, 0.3) is 0 Å². The Kier molecular flexibility index (Phi) is 5.49. The third kappa shape index (κ3) is 4.29. The van der Waals surface area contributed by atoms with Crippen molar-refractivity contribution in [2.45, 2.75) is 26.1 Å². The number of hydrogen-bond acceptors (Lipinski definition) is 4. The maximum atomic E-state index is 5.97. The van der Waals surface area contributed by atoms with Crippen molar-refractivity contribution in [2.24, 2.45) is 0 Å². The van der Waals surface area contributed by atoms with Gasteiger partial charge >= 0.3 is 0 Å². The Bertz CT molecular complexity index is 941. The van der Waals surface area contributed by atoms with Crippen LogP contribution in [-0.2, 0) is 26.1 Å². The summed E-state index contributed by atoms with van der Waals surface area (Å²) in [4.78, 5) is 2.46. The summed E-state index contributed by atoms with van der Waals surface area (Å²) in [7, 11) is 1.69. The van der Waals surface area contributed by atoms with Crippen molar-refractivity contribution < 1.29 is 9.47 Å². The molecule has 0 saturated heterocycles. The third-order valence-corrected chi connectivity index (χ3v) is 5.19. The first-order valence-electron chi connectivity index (χ1n) is 9.64. The van der Waals surface area contributed by atoms with Gasteiger partial charge in [0.15, 0.2) is 11.5 Å². The molecular weight excluding hydrogens is 348 g/mol. The molecule has 0 bridgehead atoms. The van der Waals surface area contributed by atoms with Crippen LogP contribution >= 0.6 is 0 Å². The average molecular weight is 374 g/mol. The number of rotatable bonds is 6. The van der Waals surface area contributed by atoms with Gasteiger partial charge in [-0.1, -0.05) is 42.5 Å². The molecule has 3 aromatic carbocycles. The summed E-state index contributed by atoms with van der Waals surface area (Å²) in [6, 6.07) is 22.6. The zero-order valence-electron chi connectivity index (χ0n) is 16.2.